The van der Waals surface area contributed by atoms with Gasteiger partial charge in [0.25, 0.3) is 0 Å². The van der Waals surface area contributed by atoms with E-state index in [0.717, 1.165) is 0 Å². The zero-order chi connectivity index (χ0) is 7.98. The normalized spacial score (nSPS) is 12.5. The van der Waals surface area contributed by atoms with E-state index in [1.165, 1.54) is 0 Å². The predicted octanol–water partition coefficient (Wildman–Crippen LogP) is -0.508. The Kier molecular flexibility index (Phi) is 4.49. The molecule has 0 saturated carbocycles. The van der Waals surface area contributed by atoms with Gasteiger partial charge in [-0.05, 0) is 12.8 Å². The molecule has 57 valence electrons. The number of hydrogen-bond acceptors (Lipinski definition) is 3. The highest BCUT2D eigenvalue weighted by atomic mass is 16.1. The quantitative estimate of drug-likeness (QED) is 0.526. The maximum atomic E-state index is 10.1. The molecule has 0 aliphatic rings. The number of nitrogens with two attached hydrogens (primary N) is 1. The van der Waals surface area contributed by atoms with Crippen LogP contribution in [0.1, 0.15) is 19.3 Å². The summed E-state index contributed by atoms with van der Waals surface area (Å²) in [5.74, 6) is -0.599. The number of carbonyl (C=O) groups is 2. The summed E-state index contributed by atoms with van der Waals surface area (Å²) in [7, 11) is 0. The second-order valence-electron chi connectivity index (χ2n) is 2.12. The molecule has 0 aromatic carbocycles. The molecule has 1 unspecified atom stereocenters. The van der Waals surface area contributed by atoms with Crippen LogP contribution in [0.2, 0.25) is 0 Å². The van der Waals surface area contributed by atoms with Crippen LogP contribution in [0, 0.1) is 0 Å². The lowest BCUT2D eigenvalue weighted by atomic mass is 10.1. The molecule has 0 aromatic rings. The minimum absolute atomic E-state index is 0.196. The largest absolute Gasteiger partial charge is 0.322 e. The molecular weight excluding hydrogens is 132 g/mol. The molecule has 0 spiro atoms. The number of amides is 1. The van der Waals surface area contributed by atoms with Crippen LogP contribution in [-0.4, -0.2) is 18.2 Å². The molecule has 0 aromatic heterocycles. The van der Waals surface area contributed by atoms with E-state index in [-0.39, 0.29) is 6.42 Å². The minimum Gasteiger partial charge on any atom is -0.322 e. The van der Waals surface area contributed by atoms with E-state index in [1.807, 2.05) is 0 Å². The molecule has 1 atom stereocenters. The Balaban J connectivity index is 3.19. The number of rotatable bonds is 5. The lowest BCUT2D eigenvalue weighted by molar-refractivity contribution is -0.119. The summed E-state index contributed by atoms with van der Waals surface area (Å²) in [4.78, 5) is 20.0. The second kappa shape index (κ2) is 4.93. The predicted molar refractivity (Wildman–Crippen MR) is 36.0 cm³/mol. The molecule has 0 fully saturated rings. The minimum atomic E-state index is -0.599. The van der Waals surface area contributed by atoms with Crippen LogP contribution in [0.4, 0.5) is 0 Å². The highest BCUT2D eigenvalue weighted by Crippen LogP contribution is 1.96. The number of aldehydes is 1. The monoisotopic (exact) mass is 143 g/mol. The molecule has 4 nitrogen and oxygen atoms in total. The molecule has 0 heterocycles. The molecule has 1 amide bonds. The van der Waals surface area contributed by atoms with Gasteiger partial charge in [-0.2, -0.15) is 0 Å². The van der Waals surface area contributed by atoms with Crippen LogP contribution < -0.4 is 11.5 Å². The van der Waals surface area contributed by atoms with Gasteiger partial charge in [0.05, 0.1) is 6.04 Å². The fourth-order valence-corrected chi connectivity index (χ4v) is 0.566. The highest BCUT2D eigenvalue weighted by molar-refractivity contribution is 5.72. The van der Waals surface area contributed by atoms with Gasteiger partial charge in [-0.3, -0.25) is 10.5 Å². The summed E-state index contributed by atoms with van der Waals surface area (Å²) < 4.78 is 0. The Bertz CT molecular complexity index is 125. The Morgan fingerprint density at radius 1 is 1.70 bits per heavy atom. The van der Waals surface area contributed by atoms with E-state index in [4.69, 9.17) is 11.5 Å². The van der Waals surface area contributed by atoms with Crippen molar-refractivity contribution < 1.29 is 9.59 Å². The van der Waals surface area contributed by atoms with Crippen LogP contribution in [-0.2, 0) is 9.59 Å². The average molecular weight is 143 g/mol. The Hall–Kier alpha value is -0.900. The summed E-state index contributed by atoms with van der Waals surface area (Å²) >= 11 is 0. The van der Waals surface area contributed by atoms with Crippen molar-refractivity contribution in [3.63, 3.8) is 0 Å². The zero-order valence-electron chi connectivity index (χ0n) is 5.67. The van der Waals surface area contributed by atoms with E-state index in [9.17, 15) is 9.59 Å². The van der Waals surface area contributed by atoms with Gasteiger partial charge in [0.1, 0.15) is 6.29 Å². The van der Waals surface area contributed by atoms with E-state index >= 15 is 0 Å². The van der Waals surface area contributed by atoms with Crippen molar-refractivity contribution in [1.29, 1.82) is 0 Å². The summed E-state index contributed by atoms with van der Waals surface area (Å²) in [6, 6.07) is -0.473. The maximum absolute atomic E-state index is 10.1. The van der Waals surface area contributed by atoms with Gasteiger partial charge in [-0.1, -0.05) is 0 Å². The average Bonchev–Trinajstić information content (AvgIpc) is 1.87. The molecule has 4 heteroatoms. The Labute approximate surface area is 59.6 Å². The number of hydrogen-bond donors (Lipinski definition) is 1. The van der Waals surface area contributed by atoms with Gasteiger partial charge in [0.15, 0.2) is 0 Å². The van der Waals surface area contributed by atoms with E-state index in [1.54, 1.807) is 0 Å². The summed E-state index contributed by atoms with van der Waals surface area (Å²) in [5.41, 5.74) is 11.7. The summed E-state index contributed by atoms with van der Waals surface area (Å²) in [6.07, 6.45) is 1.87. The molecule has 0 saturated heterocycles. The van der Waals surface area contributed by atoms with Crippen molar-refractivity contribution in [2.75, 3.05) is 0 Å². The van der Waals surface area contributed by atoms with Crippen LogP contribution >= 0.6 is 0 Å². The molecule has 0 aliphatic heterocycles. The molecule has 0 rings (SSSR count). The van der Waals surface area contributed by atoms with Gasteiger partial charge in [-0.25, -0.2) is 0 Å². The van der Waals surface area contributed by atoms with Crippen molar-refractivity contribution in [2.24, 2.45) is 5.73 Å². The molecular formula is C6H11N2O2. The van der Waals surface area contributed by atoms with Crippen LogP contribution in [0.15, 0.2) is 0 Å². The van der Waals surface area contributed by atoms with Crippen LogP contribution in [0.3, 0.4) is 0 Å². The van der Waals surface area contributed by atoms with Gasteiger partial charge < -0.3 is 10.5 Å². The van der Waals surface area contributed by atoms with Crippen molar-refractivity contribution in [3.05, 3.63) is 0 Å². The maximum Gasteiger partial charge on any atom is 0.238 e. The summed E-state index contributed by atoms with van der Waals surface area (Å²) in [5, 5.41) is 0. The molecule has 0 aliphatic carbocycles. The smallest absolute Gasteiger partial charge is 0.238 e. The molecule has 0 bridgehead atoms. The summed E-state index contributed by atoms with van der Waals surface area (Å²) in [6.45, 7) is 0. The first kappa shape index (κ1) is 9.10. The first-order valence-corrected chi connectivity index (χ1v) is 3.12. The first-order valence-electron chi connectivity index (χ1n) is 3.12. The third kappa shape index (κ3) is 5.24. The third-order valence-electron chi connectivity index (χ3n) is 1.12. The SMILES string of the molecule is [NH]C(=O)CCCC(N)C=O. The van der Waals surface area contributed by atoms with Gasteiger partial charge in [0, 0.05) is 6.42 Å². The fourth-order valence-electron chi connectivity index (χ4n) is 0.566. The number of carbonyl (C=O) groups excluding carboxylic acids is 2. The van der Waals surface area contributed by atoms with Crippen molar-refractivity contribution in [2.45, 2.75) is 25.3 Å². The molecule has 3 N–H and O–H groups in total. The van der Waals surface area contributed by atoms with Gasteiger partial charge in [-0.15, -0.1) is 0 Å². The first-order chi connectivity index (χ1) is 4.66. The van der Waals surface area contributed by atoms with Crippen LogP contribution in [0.25, 0.3) is 0 Å². The third-order valence-corrected chi connectivity index (χ3v) is 1.12. The van der Waals surface area contributed by atoms with Gasteiger partial charge >= 0.3 is 0 Å². The van der Waals surface area contributed by atoms with Crippen molar-refractivity contribution >= 4 is 12.2 Å². The van der Waals surface area contributed by atoms with E-state index in [0.29, 0.717) is 19.1 Å². The fraction of sp³-hybridized carbons (Fsp3) is 0.667. The van der Waals surface area contributed by atoms with Crippen LogP contribution in [0.5, 0.6) is 0 Å². The lowest BCUT2D eigenvalue weighted by Crippen LogP contribution is -2.21. The van der Waals surface area contributed by atoms with Gasteiger partial charge in [0.2, 0.25) is 5.91 Å². The zero-order valence-corrected chi connectivity index (χ0v) is 5.67. The Morgan fingerprint density at radius 3 is 2.70 bits per heavy atom. The Morgan fingerprint density at radius 2 is 2.30 bits per heavy atom. The van der Waals surface area contributed by atoms with E-state index in [2.05, 4.69) is 0 Å². The highest BCUT2D eigenvalue weighted by Gasteiger charge is 2.00. The molecule has 10 heavy (non-hydrogen) atoms. The lowest BCUT2D eigenvalue weighted by Gasteiger charge is -1.99. The van der Waals surface area contributed by atoms with Crippen molar-refractivity contribution in [3.8, 4) is 0 Å². The molecule has 1 radical (unpaired) electrons. The topological polar surface area (TPSA) is 84.0 Å². The van der Waals surface area contributed by atoms with Crippen molar-refractivity contribution in [1.82, 2.24) is 5.73 Å². The van der Waals surface area contributed by atoms with E-state index < -0.39 is 11.9 Å². The second-order valence-corrected chi connectivity index (χ2v) is 2.12. The standard InChI is InChI=1S/C6H11N2O2/c7-5(4-9)2-1-3-6(8)10/h4-5,8H,1-3,7H2. The number of nitrogens with one attached hydrogen (secondary N) is 1.